The fourth-order valence-electron chi connectivity index (χ4n) is 3.01. The van der Waals surface area contributed by atoms with E-state index in [0.717, 1.165) is 28.7 Å². The lowest BCUT2D eigenvalue weighted by Gasteiger charge is -2.11. The van der Waals surface area contributed by atoms with E-state index in [1.54, 1.807) is 6.07 Å². The molecule has 3 aromatic carbocycles. The summed E-state index contributed by atoms with van der Waals surface area (Å²) in [5.41, 5.74) is 4.37. The van der Waals surface area contributed by atoms with Crippen molar-refractivity contribution in [2.75, 3.05) is 0 Å². The standard InChI is InChI=1S/C21H16FN/c22-19-12-11-18-13-20(17-9-5-2-6-10-17)23(21(18)14-19)15-16-7-3-1-4-8-16/h1-14H,15H2. The van der Waals surface area contributed by atoms with Crippen LogP contribution in [0.4, 0.5) is 4.39 Å². The van der Waals surface area contributed by atoms with Gasteiger partial charge in [-0.15, -0.1) is 0 Å². The Labute approximate surface area is 134 Å². The number of aromatic nitrogens is 1. The van der Waals surface area contributed by atoms with Crippen molar-refractivity contribution in [3.8, 4) is 11.3 Å². The minimum atomic E-state index is -0.204. The van der Waals surface area contributed by atoms with Crippen molar-refractivity contribution < 1.29 is 4.39 Å². The Hall–Kier alpha value is -2.87. The van der Waals surface area contributed by atoms with Crippen LogP contribution >= 0.6 is 0 Å². The van der Waals surface area contributed by atoms with E-state index in [1.165, 1.54) is 11.6 Å². The number of hydrogen-bond acceptors (Lipinski definition) is 0. The van der Waals surface area contributed by atoms with Crippen molar-refractivity contribution >= 4 is 10.9 Å². The second-order valence-electron chi connectivity index (χ2n) is 5.67. The van der Waals surface area contributed by atoms with Gasteiger partial charge in [-0.3, -0.25) is 0 Å². The molecule has 112 valence electrons. The van der Waals surface area contributed by atoms with Crippen molar-refractivity contribution in [1.29, 1.82) is 0 Å². The van der Waals surface area contributed by atoms with E-state index in [9.17, 15) is 4.39 Å². The maximum atomic E-state index is 13.8. The van der Waals surface area contributed by atoms with E-state index < -0.39 is 0 Å². The van der Waals surface area contributed by atoms with Gasteiger partial charge in [-0.25, -0.2) is 4.39 Å². The molecule has 0 bridgehead atoms. The van der Waals surface area contributed by atoms with Gasteiger partial charge in [0.1, 0.15) is 5.82 Å². The first kappa shape index (κ1) is 13.8. The molecule has 0 aliphatic heterocycles. The van der Waals surface area contributed by atoms with Gasteiger partial charge in [-0.05, 0) is 35.4 Å². The van der Waals surface area contributed by atoms with Gasteiger partial charge in [0.2, 0.25) is 0 Å². The molecular formula is C21H16FN. The molecule has 0 aliphatic rings. The van der Waals surface area contributed by atoms with E-state index >= 15 is 0 Å². The third-order valence-electron chi connectivity index (χ3n) is 4.12. The second kappa shape index (κ2) is 5.73. The van der Waals surface area contributed by atoms with Gasteiger partial charge in [-0.2, -0.15) is 0 Å². The van der Waals surface area contributed by atoms with Crippen LogP contribution in [0.1, 0.15) is 5.56 Å². The van der Waals surface area contributed by atoms with E-state index in [4.69, 9.17) is 0 Å². The molecule has 0 amide bonds. The van der Waals surface area contributed by atoms with Crippen LogP contribution in [0.15, 0.2) is 84.9 Å². The van der Waals surface area contributed by atoms with Crippen molar-refractivity contribution in [3.05, 3.63) is 96.3 Å². The van der Waals surface area contributed by atoms with Gasteiger partial charge in [0, 0.05) is 17.6 Å². The molecule has 4 aromatic rings. The first-order valence-electron chi connectivity index (χ1n) is 7.69. The Morgan fingerprint density at radius 1 is 0.739 bits per heavy atom. The Kier molecular flexibility index (Phi) is 3.43. The normalized spacial score (nSPS) is 11.0. The zero-order chi connectivity index (χ0) is 15.6. The molecule has 1 heterocycles. The van der Waals surface area contributed by atoms with Crippen LogP contribution in [0.25, 0.3) is 22.2 Å². The van der Waals surface area contributed by atoms with Crippen molar-refractivity contribution in [3.63, 3.8) is 0 Å². The summed E-state index contributed by atoms with van der Waals surface area (Å²) in [6.45, 7) is 0.720. The molecule has 0 N–H and O–H groups in total. The molecule has 0 aliphatic carbocycles. The number of benzene rings is 3. The van der Waals surface area contributed by atoms with Crippen LogP contribution in [0.5, 0.6) is 0 Å². The lowest BCUT2D eigenvalue weighted by molar-refractivity contribution is 0.628. The summed E-state index contributed by atoms with van der Waals surface area (Å²) in [7, 11) is 0. The van der Waals surface area contributed by atoms with Crippen LogP contribution < -0.4 is 0 Å². The summed E-state index contributed by atoms with van der Waals surface area (Å²) >= 11 is 0. The molecule has 0 fully saturated rings. The molecule has 1 aromatic heterocycles. The smallest absolute Gasteiger partial charge is 0.125 e. The zero-order valence-corrected chi connectivity index (χ0v) is 12.6. The van der Waals surface area contributed by atoms with E-state index in [1.807, 2.05) is 42.5 Å². The molecular weight excluding hydrogens is 285 g/mol. The summed E-state index contributed by atoms with van der Waals surface area (Å²) in [5.74, 6) is -0.204. The third kappa shape index (κ3) is 2.64. The summed E-state index contributed by atoms with van der Waals surface area (Å²) in [4.78, 5) is 0. The summed E-state index contributed by atoms with van der Waals surface area (Å²) in [5, 5.41) is 1.06. The highest BCUT2D eigenvalue weighted by Crippen LogP contribution is 2.29. The highest BCUT2D eigenvalue weighted by atomic mass is 19.1. The van der Waals surface area contributed by atoms with Gasteiger partial charge < -0.3 is 4.57 Å². The minimum Gasteiger partial charge on any atom is -0.336 e. The number of fused-ring (bicyclic) bond motifs is 1. The van der Waals surface area contributed by atoms with E-state index in [-0.39, 0.29) is 5.82 Å². The predicted octanol–water partition coefficient (Wildman–Crippen LogP) is 5.50. The van der Waals surface area contributed by atoms with Crippen LogP contribution in [0.2, 0.25) is 0 Å². The fourth-order valence-corrected chi connectivity index (χ4v) is 3.01. The van der Waals surface area contributed by atoms with Crippen LogP contribution in [0, 0.1) is 5.82 Å². The quantitative estimate of drug-likeness (QED) is 0.471. The maximum Gasteiger partial charge on any atom is 0.125 e. The first-order valence-corrected chi connectivity index (χ1v) is 7.69. The molecule has 0 unspecified atom stereocenters. The lowest BCUT2D eigenvalue weighted by atomic mass is 10.1. The van der Waals surface area contributed by atoms with Crippen LogP contribution in [-0.4, -0.2) is 4.57 Å². The summed E-state index contributed by atoms with van der Waals surface area (Å²) < 4.78 is 15.9. The Balaban J connectivity index is 1.93. The predicted molar refractivity (Wildman–Crippen MR) is 92.9 cm³/mol. The van der Waals surface area contributed by atoms with Gasteiger partial charge >= 0.3 is 0 Å². The van der Waals surface area contributed by atoms with Gasteiger partial charge in [0.15, 0.2) is 0 Å². The molecule has 0 saturated heterocycles. The van der Waals surface area contributed by atoms with E-state index in [0.29, 0.717) is 0 Å². The summed E-state index contributed by atoms with van der Waals surface area (Å²) in [6, 6.07) is 27.6. The number of hydrogen-bond donors (Lipinski definition) is 0. The fraction of sp³-hybridized carbons (Fsp3) is 0.0476. The first-order chi connectivity index (χ1) is 11.3. The summed E-state index contributed by atoms with van der Waals surface area (Å²) in [6.07, 6.45) is 0. The third-order valence-corrected chi connectivity index (χ3v) is 4.12. The Bertz CT molecular complexity index is 940. The molecule has 0 saturated carbocycles. The number of nitrogens with zero attached hydrogens (tertiary/aromatic N) is 1. The van der Waals surface area contributed by atoms with E-state index in [2.05, 4.69) is 34.9 Å². The number of halogens is 1. The van der Waals surface area contributed by atoms with Crippen molar-refractivity contribution in [2.24, 2.45) is 0 Å². The van der Waals surface area contributed by atoms with Gasteiger partial charge in [0.05, 0.1) is 5.52 Å². The van der Waals surface area contributed by atoms with Crippen molar-refractivity contribution in [2.45, 2.75) is 6.54 Å². The molecule has 2 heteroatoms. The topological polar surface area (TPSA) is 4.93 Å². The molecule has 4 rings (SSSR count). The highest BCUT2D eigenvalue weighted by Gasteiger charge is 2.11. The molecule has 1 nitrogen and oxygen atoms in total. The number of rotatable bonds is 3. The SMILES string of the molecule is Fc1ccc2cc(-c3ccccc3)n(Cc3ccccc3)c2c1. The van der Waals surface area contributed by atoms with Gasteiger partial charge in [0.25, 0.3) is 0 Å². The van der Waals surface area contributed by atoms with Crippen LogP contribution in [-0.2, 0) is 6.54 Å². The minimum absolute atomic E-state index is 0.204. The molecule has 0 atom stereocenters. The van der Waals surface area contributed by atoms with Crippen LogP contribution in [0.3, 0.4) is 0 Å². The molecule has 23 heavy (non-hydrogen) atoms. The maximum absolute atomic E-state index is 13.8. The monoisotopic (exact) mass is 301 g/mol. The largest absolute Gasteiger partial charge is 0.336 e. The molecule has 0 spiro atoms. The molecule has 0 radical (unpaired) electrons. The Morgan fingerprint density at radius 2 is 1.43 bits per heavy atom. The second-order valence-corrected chi connectivity index (χ2v) is 5.67. The van der Waals surface area contributed by atoms with Gasteiger partial charge in [-0.1, -0.05) is 60.7 Å². The average molecular weight is 301 g/mol. The Morgan fingerprint density at radius 3 is 2.17 bits per heavy atom. The lowest BCUT2D eigenvalue weighted by Crippen LogP contribution is -2.01. The van der Waals surface area contributed by atoms with Crippen molar-refractivity contribution in [1.82, 2.24) is 4.57 Å². The zero-order valence-electron chi connectivity index (χ0n) is 12.6. The highest BCUT2D eigenvalue weighted by molar-refractivity contribution is 5.87. The average Bonchev–Trinajstić information content (AvgIpc) is 2.95.